The summed E-state index contributed by atoms with van der Waals surface area (Å²) < 4.78 is 9.03. The van der Waals surface area contributed by atoms with Gasteiger partial charge in [-0.25, -0.2) is 0 Å². The highest BCUT2D eigenvalue weighted by Gasteiger charge is 1.94. The highest BCUT2D eigenvalue weighted by molar-refractivity contribution is 7.04. The molecule has 2 aromatic rings. The lowest BCUT2D eigenvalue weighted by molar-refractivity contribution is 0.617. The van der Waals surface area contributed by atoms with E-state index in [0.717, 1.165) is 11.1 Å². The molecule has 0 aromatic carbocycles. The van der Waals surface area contributed by atoms with E-state index >= 15 is 0 Å². The molecule has 8 heavy (non-hydrogen) atoms. The second-order valence-corrected chi connectivity index (χ2v) is 2.11. The Morgan fingerprint density at radius 3 is 3.50 bits per heavy atom. The van der Waals surface area contributed by atoms with Crippen molar-refractivity contribution in [2.24, 2.45) is 0 Å². The minimum atomic E-state index is 0.884. The van der Waals surface area contributed by atoms with Crippen molar-refractivity contribution in [1.29, 1.82) is 0 Å². The van der Waals surface area contributed by atoms with Crippen molar-refractivity contribution in [2.75, 3.05) is 0 Å². The van der Waals surface area contributed by atoms with E-state index in [4.69, 9.17) is 4.42 Å². The van der Waals surface area contributed by atoms with Gasteiger partial charge in [0.05, 0.1) is 11.6 Å². The highest BCUT2D eigenvalue weighted by atomic mass is 32.1. The number of rotatable bonds is 0. The molecule has 0 saturated heterocycles. The van der Waals surface area contributed by atoms with Crippen molar-refractivity contribution in [3.63, 3.8) is 0 Å². The fraction of sp³-hybridized carbons (Fsp3) is 0. The number of aromatic nitrogens is 1. The van der Waals surface area contributed by atoms with Gasteiger partial charge in [0.15, 0.2) is 5.58 Å². The van der Waals surface area contributed by atoms with Crippen molar-refractivity contribution in [1.82, 2.24) is 4.37 Å². The summed E-state index contributed by atoms with van der Waals surface area (Å²) >= 11 is 1.42. The minimum Gasteiger partial charge on any atom is -0.462 e. The molecule has 0 aliphatic heterocycles. The monoisotopic (exact) mass is 125 g/mol. The fourth-order valence-corrected chi connectivity index (χ4v) is 1.20. The predicted molar refractivity (Wildman–Crippen MR) is 31.9 cm³/mol. The van der Waals surface area contributed by atoms with E-state index in [1.54, 1.807) is 6.26 Å². The number of fused-ring (bicyclic) bond motifs is 1. The molecule has 2 aromatic heterocycles. The zero-order chi connectivity index (χ0) is 5.40. The summed E-state index contributed by atoms with van der Waals surface area (Å²) in [4.78, 5) is 0. The molecule has 2 rings (SSSR count). The molecule has 0 spiro atoms. The van der Waals surface area contributed by atoms with Gasteiger partial charge in [-0.3, -0.25) is 0 Å². The molecule has 0 aliphatic carbocycles. The maximum absolute atomic E-state index is 5.01. The van der Waals surface area contributed by atoms with Crippen LogP contribution in [-0.4, -0.2) is 4.37 Å². The summed E-state index contributed by atoms with van der Waals surface area (Å²) in [6.07, 6.45) is 1.64. The Bertz CT molecular complexity index is 234. The van der Waals surface area contributed by atoms with E-state index in [2.05, 4.69) is 4.37 Å². The van der Waals surface area contributed by atoms with Gasteiger partial charge in [-0.15, -0.1) is 0 Å². The van der Waals surface area contributed by atoms with E-state index in [1.165, 1.54) is 11.5 Å². The summed E-state index contributed by atoms with van der Waals surface area (Å²) in [5.74, 6) is 0. The molecule has 40 valence electrons. The normalized spacial score (nSPS) is 10.5. The van der Waals surface area contributed by atoms with Crippen LogP contribution in [0.4, 0.5) is 0 Å². The molecule has 0 saturated carbocycles. The van der Waals surface area contributed by atoms with Gasteiger partial charge < -0.3 is 4.42 Å². The third-order valence-electron chi connectivity index (χ3n) is 0.984. The topological polar surface area (TPSA) is 26.0 Å². The molecule has 3 heteroatoms. The quantitative estimate of drug-likeness (QED) is 0.537. The zero-order valence-corrected chi connectivity index (χ0v) is 4.81. The summed E-state index contributed by atoms with van der Waals surface area (Å²) in [5.41, 5.74) is 1.84. The standard InChI is InChI=1S/C5H3NOS/c1-2-7-5-3-8-6-4(1)5/h1-3H. The first-order valence-electron chi connectivity index (χ1n) is 2.24. The minimum absolute atomic E-state index is 0.884. The van der Waals surface area contributed by atoms with Crippen LogP contribution in [0.15, 0.2) is 22.1 Å². The molecule has 0 fully saturated rings. The van der Waals surface area contributed by atoms with Crippen LogP contribution in [0.5, 0.6) is 0 Å². The van der Waals surface area contributed by atoms with Gasteiger partial charge in [0.2, 0.25) is 0 Å². The smallest absolute Gasteiger partial charge is 0.164 e. The highest BCUT2D eigenvalue weighted by Crippen LogP contribution is 2.14. The Balaban J connectivity index is 3.06. The summed E-state index contributed by atoms with van der Waals surface area (Å²) in [5, 5.41) is 1.88. The van der Waals surface area contributed by atoms with Gasteiger partial charge in [0.1, 0.15) is 5.52 Å². The van der Waals surface area contributed by atoms with Gasteiger partial charge in [-0.05, 0) is 11.5 Å². The van der Waals surface area contributed by atoms with Crippen molar-refractivity contribution >= 4 is 22.6 Å². The lowest BCUT2D eigenvalue weighted by atomic mass is 10.5. The van der Waals surface area contributed by atoms with E-state index in [1.807, 2.05) is 11.4 Å². The van der Waals surface area contributed by atoms with E-state index in [0.29, 0.717) is 0 Å². The molecule has 0 N–H and O–H groups in total. The number of hydrogen-bond donors (Lipinski definition) is 0. The molecular weight excluding hydrogens is 122 g/mol. The second-order valence-electron chi connectivity index (χ2n) is 1.48. The van der Waals surface area contributed by atoms with Gasteiger partial charge in [0, 0.05) is 6.07 Å². The average molecular weight is 125 g/mol. The molecule has 0 bridgehead atoms. The van der Waals surface area contributed by atoms with Gasteiger partial charge in [0.25, 0.3) is 0 Å². The fourth-order valence-electron chi connectivity index (χ4n) is 0.609. The van der Waals surface area contributed by atoms with Crippen LogP contribution in [0.2, 0.25) is 0 Å². The molecule has 0 radical (unpaired) electrons. The van der Waals surface area contributed by atoms with E-state index in [-0.39, 0.29) is 0 Å². The summed E-state index contributed by atoms with van der Waals surface area (Å²) in [6.45, 7) is 0. The van der Waals surface area contributed by atoms with Crippen molar-refractivity contribution < 1.29 is 4.42 Å². The summed E-state index contributed by atoms with van der Waals surface area (Å²) in [7, 11) is 0. The maximum Gasteiger partial charge on any atom is 0.164 e. The molecule has 0 amide bonds. The van der Waals surface area contributed by atoms with Gasteiger partial charge in [-0.2, -0.15) is 4.37 Å². The Labute approximate surface area is 49.9 Å². The first-order chi connectivity index (χ1) is 3.97. The second kappa shape index (κ2) is 1.32. The number of nitrogens with zero attached hydrogens (tertiary/aromatic N) is 1. The SMILES string of the molecule is c1cc2nscc2o1. The van der Waals surface area contributed by atoms with Crippen LogP contribution in [0.3, 0.4) is 0 Å². The maximum atomic E-state index is 5.01. The van der Waals surface area contributed by atoms with Crippen LogP contribution in [0.25, 0.3) is 11.1 Å². The van der Waals surface area contributed by atoms with E-state index < -0.39 is 0 Å². The Morgan fingerprint density at radius 1 is 1.62 bits per heavy atom. The van der Waals surface area contributed by atoms with Gasteiger partial charge >= 0.3 is 0 Å². The molecule has 0 aliphatic rings. The summed E-state index contributed by atoms with van der Waals surface area (Å²) in [6, 6.07) is 1.85. The average Bonchev–Trinajstić information content (AvgIpc) is 2.15. The zero-order valence-electron chi connectivity index (χ0n) is 4.00. The predicted octanol–water partition coefficient (Wildman–Crippen LogP) is 1.89. The number of furan rings is 1. The van der Waals surface area contributed by atoms with Crippen LogP contribution in [0.1, 0.15) is 0 Å². The third-order valence-corrected chi connectivity index (χ3v) is 1.61. The van der Waals surface area contributed by atoms with E-state index in [9.17, 15) is 0 Å². The van der Waals surface area contributed by atoms with Crippen LogP contribution in [-0.2, 0) is 0 Å². The first kappa shape index (κ1) is 4.09. The van der Waals surface area contributed by atoms with Crippen LogP contribution < -0.4 is 0 Å². The lowest BCUT2D eigenvalue weighted by Gasteiger charge is -1.63. The Morgan fingerprint density at radius 2 is 2.62 bits per heavy atom. The van der Waals surface area contributed by atoms with Crippen LogP contribution >= 0.6 is 11.5 Å². The lowest BCUT2D eigenvalue weighted by Crippen LogP contribution is -1.47. The molecule has 2 heterocycles. The van der Waals surface area contributed by atoms with Crippen molar-refractivity contribution in [3.8, 4) is 0 Å². The Kier molecular flexibility index (Phi) is 0.676. The molecule has 2 nitrogen and oxygen atoms in total. The van der Waals surface area contributed by atoms with Gasteiger partial charge in [-0.1, -0.05) is 0 Å². The molecule has 0 unspecified atom stereocenters. The van der Waals surface area contributed by atoms with Crippen molar-refractivity contribution in [3.05, 3.63) is 17.7 Å². The third kappa shape index (κ3) is 0.391. The largest absolute Gasteiger partial charge is 0.462 e. The first-order valence-corrected chi connectivity index (χ1v) is 3.08. The molecule has 0 atom stereocenters. The molecular formula is C5H3NOS. The number of hydrogen-bond acceptors (Lipinski definition) is 3. The Hall–Kier alpha value is -0.830. The van der Waals surface area contributed by atoms with Crippen LogP contribution in [0, 0.1) is 0 Å². The van der Waals surface area contributed by atoms with Crippen molar-refractivity contribution in [2.45, 2.75) is 0 Å².